The highest BCUT2D eigenvalue weighted by Gasteiger charge is 2.31. The van der Waals surface area contributed by atoms with Gasteiger partial charge in [0, 0.05) is 26.3 Å². The number of nitrogens with zero attached hydrogens (tertiary/aromatic N) is 2. The number of piperidine rings is 1. The molecule has 1 saturated heterocycles. The number of carbonyl (C=O) groups excluding carboxylic acids is 1. The monoisotopic (exact) mass is 399 g/mol. The molecule has 0 aliphatic carbocycles. The summed E-state index contributed by atoms with van der Waals surface area (Å²) in [5.41, 5.74) is 0.119. The highest BCUT2D eigenvalue weighted by Crippen LogP contribution is 2.24. The van der Waals surface area contributed by atoms with Gasteiger partial charge in [-0.1, -0.05) is 20.8 Å². The molecule has 2 unspecified atom stereocenters. The Kier molecular flexibility index (Phi) is 6.69. The van der Waals surface area contributed by atoms with Crippen LogP contribution in [0, 0.1) is 11.8 Å². The molecule has 27 heavy (non-hydrogen) atoms. The number of carboxylic acids is 1. The van der Waals surface area contributed by atoms with E-state index in [2.05, 4.69) is 5.32 Å². The van der Waals surface area contributed by atoms with Gasteiger partial charge in [-0.2, -0.15) is 4.31 Å². The molecule has 2 rings (SSSR count). The first kappa shape index (κ1) is 21.4. The molecular weight excluding hydrogens is 370 g/mol. The maximum Gasteiger partial charge on any atom is 0.326 e. The summed E-state index contributed by atoms with van der Waals surface area (Å²) >= 11 is 0. The molecule has 1 aromatic rings. The molecule has 2 heterocycles. The van der Waals surface area contributed by atoms with Crippen LogP contribution in [0.15, 0.2) is 17.2 Å². The molecule has 0 spiro atoms. The smallest absolute Gasteiger partial charge is 0.326 e. The second kappa shape index (κ2) is 8.43. The standard InChI is InChI=1S/C18H29N3O5S/c1-12(2)8-15(18(23)24)19-17(22)16-9-14(11-20(16)4)27(25,26)21-7-5-6-13(3)10-21/h9,11-13,15H,5-8,10H2,1-4H3,(H,19,22)(H,23,24). The number of carbonyl (C=O) groups is 2. The molecule has 1 amide bonds. The quantitative estimate of drug-likeness (QED) is 0.725. The van der Waals surface area contributed by atoms with Crippen LogP contribution < -0.4 is 5.32 Å². The molecule has 152 valence electrons. The molecule has 1 aliphatic heterocycles. The van der Waals surface area contributed by atoms with E-state index in [1.54, 1.807) is 7.05 Å². The minimum absolute atomic E-state index is 0.0555. The van der Waals surface area contributed by atoms with Crippen LogP contribution in [0.3, 0.4) is 0 Å². The Bertz CT molecular complexity index is 800. The molecule has 0 bridgehead atoms. The van der Waals surface area contributed by atoms with Gasteiger partial charge in [0.25, 0.3) is 5.91 Å². The zero-order chi connectivity index (χ0) is 20.4. The maximum atomic E-state index is 12.9. The number of aromatic nitrogens is 1. The lowest BCUT2D eigenvalue weighted by atomic mass is 10.0. The van der Waals surface area contributed by atoms with Gasteiger partial charge in [0.1, 0.15) is 16.6 Å². The van der Waals surface area contributed by atoms with Crippen LogP contribution in [0.1, 0.15) is 50.5 Å². The number of nitrogens with one attached hydrogen (secondary N) is 1. The van der Waals surface area contributed by atoms with Crippen LogP contribution >= 0.6 is 0 Å². The summed E-state index contributed by atoms with van der Waals surface area (Å²) in [5.74, 6) is -1.32. The van der Waals surface area contributed by atoms with Crippen LogP contribution in [0.5, 0.6) is 0 Å². The Morgan fingerprint density at radius 3 is 2.59 bits per heavy atom. The van der Waals surface area contributed by atoms with E-state index in [0.29, 0.717) is 25.4 Å². The Morgan fingerprint density at radius 1 is 1.37 bits per heavy atom. The van der Waals surface area contributed by atoms with Crippen molar-refractivity contribution in [2.75, 3.05) is 13.1 Å². The van der Waals surface area contributed by atoms with Crippen molar-refractivity contribution in [3.05, 3.63) is 18.0 Å². The van der Waals surface area contributed by atoms with E-state index in [0.717, 1.165) is 12.8 Å². The van der Waals surface area contributed by atoms with Crippen molar-refractivity contribution in [1.82, 2.24) is 14.2 Å². The minimum Gasteiger partial charge on any atom is -0.480 e. The van der Waals surface area contributed by atoms with Gasteiger partial charge in [0.2, 0.25) is 10.0 Å². The van der Waals surface area contributed by atoms with Crippen molar-refractivity contribution < 1.29 is 23.1 Å². The zero-order valence-corrected chi connectivity index (χ0v) is 17.1. The summed E-state index contributed by atoms with van der Waals surface area (Å²) < 4.78 is 28.6. The number of hydrogen-bond acceptors (Lipinski definition) is 4. The Labute approximate surface area is 160 Å². The number of rotatable bonds is 7. The third-order valence-electron chi connectivity index (χ3n) is 4.78. The Balaban J connectivity index is 2.22. The Morgan fingerprint density at radius 2 is 2.04 bits per heavy atom. The topological polar surface area (TPSA) is 109 Å². The van der Waals surface area contributed by atoms with E-state index >= 15 is 0 Å². The normalized spacial score (nSPS) is 19.8. The van der Waals surface area contributed by atoms with E-state index in [1.807, 2.05) is 20.8 Å². The molecule has 0 aromatic carbocycles. The molecule has 0 radical (unpaired) electrons. The zero-order valence-electron chi connectivity index (χ0n) is 16.3. The predicted molar refractivity (Wildman–Crippen MR) is 101 cm³/mol. The number of carboxylic acid groups (broad SMARTS) is 1. The second-order valence-electron chi connectivity index (χ2n) is 7.78. The Hall–Kier alpha value is -1.87. The molecule has 1 aliphatic rings. The van der Waals surface area contributed by atoms with Gasteiger partial charge in [-0.15, -0.1) is 0 Å². The predicted octanol–water partition coefficient (Wildman–Crippen LogP) is 1.67. The van der Waals surface area contributed by atoms with E-state index in [9.17, 15) is 23.1 Å². The largest absolute Gasteiger partial charge is 0.480 e. The average molecular weight is 400 g/mol. The number of amides is 1. The number of hydrogen-bond donors (Lipinski definition) is 2. The third-order valence-corrected chi connectivity index (χ3v) is 6.61. The van der Waals surface area contributed by atoms with E-state index < -0.39 is 27.9 Å². The number of aliphatic carboxylic acids is 1. The van der Waals surface area contributed by atoms with E-state index in [1.165, 1.54) is 21.1 Å². The second-order valence-corrected chi connectivity index (χ2v) is 9.71. The molecule has 8 nitrogen and oxygen atoms in total. The van der Waals surface area contributed by atoms with Gasteiger partial charge in [0.05, 0.1) is 0 Å². The van der Waals surface area contributed by atoms with Crippen molar-refractivity contribution in [2.24, 2.45) is 18.9 Å². The average Bonchev–Trinajstić information content (AvgIpc) is 2.96. The minimum atomic E-state index is -3.68. The van der Waals surface area contributed by atoms with Crippen molar-refractivity contribution in [3.8, 4) is 0 Å². The molecule has 9 heteroatoms. The fourth-order valence-electron chi connectivity index (χ4n) is 3.34. The lowest BCUT2D eigenvalue weighted by Gasteiger charge is -2.29. The summed E-state index contributed by atoms with van der Waals surface area (Å²) in [5, 5.41) is 11.8. The molecule has 1 fully saturated rings. The van der Waals surface area contributed by atoms with E-state index in [4.69, 9.17) is 0 Å². The van der Waals surface area contributed by atoms with Gasteiger partial charge >= 0.3 is 5.97 Å². The van der Waals surface area contributed by atoms with Gasteiger partial charge in [-0.05, 0) is 37.2 Å². The van der Waals surface area contributed by atoms with Crippen LogP contribution in [0.25, 0.3) is 0 Å². The number of sulfonamides is 1. The van der Waals surface area contributed by atoms with Crippen LogP contribution in [0.2, 0.25) is 0 Å². The molecular formula is C18H29N3O5S. The van der Waals surface area contributed by atoms with Crippen LogP contribution in [-0.4, -0.2) is 53.4 Å². The van der Waals surface area contributed by atoms with Crippen molar-refractivity contribution in [2.45, 2.75) is 51.0 Å². The molecule has 1 aromatic heterocycles. The molecule has 0 saturated carbocycles. The highest BCUT2D eigenvalue weighted by molar-refractivity contribution is 7.89. The summed E-state index contributed by atoms with van der Waals surface area (Å²) in [6.07, 6.45) is 3.51. The summed E-state index contributed by atoms with van der Waals surface area (Å²) in [6.45, 7) is 6.70. The molecule has 2 N–H and O–H groups in total. The van der Waals surface area contributed by atoms with Crippen LogP contribution in [-0.2, 0) is 21.9 Å². The summed E-state index contributed by atoms with van der Waals surface area (Å²) in [7, 11) is -2.10. The van der Waals surface area contributed by atoms with Gasteiger partial charge in [-0.3, -0.25) is 4.79 Å². The first-order chi connectivity index (χ1) is 12.5. The number of aryl methyl sites for hydroxylation is 1. The van der Waals surface area contributed by atoms with Gasteiger partial charge < -0.3 is 15.0 Å². The lowest BCUT2D eigenvalue weighted by molar-refractivity contribution is -0.139. The third kappa shape index (κ3) is 5.10. The SMILES string of the molecule is CC(C)CC(NC(=O)c1cc(S(=O)(=O)N2CCCC(C)C2)cn1C)C(=O)O. The van der Waals surface area contributed by atoms with Crippen molar-refractivity contribution in [1.29, 1.82) is 0 Å². The van der Waals surface area contributed by atoms with Crippen molar-refractivity contribution in [3.63, 3.8) is 0 Å². The van der Waals surface area contributed by atoms with Crippen molar-refractivity contribution >= 4 is 21.9 Å². The lowest BCUT2D eigenvalue weighted by Crippen LogP contribution is -2.42. The first-order valence-corrected chi connectivity index (χ1v) is 10.7. The fourth-order valence-corrected chi connectivity index (χ4v) is 5.01. The molecule has 2 atom stereocenters. The van der Waals surface area contributed by atoms with E-state index in [-0.39, 0.29) is 16.5 Å². The summed E-state index contributed by atoms with van der Waals surface area (Å²) in [6, 6.07) is 0.300. The summed E-state index contributed by atoms with van der Waals surface area (Å²) in [4.78, 5) is 23.9. The maximum absolute atomic E-state index is 12.9. The highest BCUT2D eigenvalue weighted by atomic mass is 32.2. The van der Waals surface area contributed by atoms with Gasteiger partial charge in [0.15, 0.2) is 0 Å². The first-order valence-electron chi connectivity index (χ1n) is 9.22. The fraction of sp³-hybridized carbons (Fsp3) is 0.667. The van der Waals surface area contributed by atoms with Gasteiger partial charge in [-0.25, -0.2) is 13.2 Å². The van der Waals surface area contributed by atoms with Crippen LogP contribution in [0.4, 0.5) is 0 Å².